The number of oxime groups is 2. The number of carbonyl (C=O) groups excluding carboxylic acids is 7. The minimum atomic E-state index is -4.12. The van der Waals surface area contributed by atoms with E-state index in [1.165, 1.54) is 9.80 Å². The second-order valence-electron chi connectivity index (χ2n) is 32.4. The second-order valence-corrected chi connectivity index (χ2v) is 36.2. The molecule has 7 amide bonds. The van der Waals surface area contributed by atoms with Gasteiger partial charge in [-0.2, -0.15) is 0 Å². The van der Waals surface area contributed by atoms with Crippen molar-refractivity contribution in [2.75, 3.05) is 13.1 Å². The molecular weight excluding hydrogens is 1690 g/mol. The van der Waals surface area contributed by atoms with Crippen LogP contribution in [0.5, 0.6) is 0 Å². The van der Waals surface area contributed by atoms with Gasteiger partial charge in [0, 0.05) is 74.6 Å². The molecule has 27 nitrogen and oxygen atoms in total. The molecule has 0 bridgehead atoms. The minimum absolute atomic E-state index is 0. The van der Waals surface area contributed by atoms with E-state index in [1.807, 2.05) is 102 Å². The van der Waals surface area contributed by atoms with Gasteiger partial charge < -0.3 is 55.3 Å². The van der Waals surface area contributed by atoms with E-state index >= 15 is 0 Å². The molecule has 8 N–H and O–H groups in total. The summed E-state index contributed by atoms with van der Waals surface area (Å²) in [4.78, 5) is 122. The number of hydrogen-bond acceptors (Lipinski definition) is 18. The van der Waals surface area contributed by atoms with Crippen molar-refractivity contribution in [3.63, 3.8) is 0 Å². The Morgan fingerprint density at radius 3 is 1.12 bits per heavy atom. The Kier molecular flexibility index (Phi) is 25.4. The SMILES string of the molecule is CC(C)(C)OC(=O)N[C@H](C(=O)N1C[C@H](ON=C2c3ccccc3-c3ccccc32)C[C@H]1C(=O)N[C@]1(C(=O)NS(=O)(=O)C2CC2)C[C@H]1C(F)F)C(C)(C)C.CC(C)(C)OC(=O)N[C@H](C(=O)N1C[C@H](ON=C2c3ccccc3-c3ccccc32)C[C@H]1C(=O)N[C@]1(C(=O)O)C[C@H]1C(F)F)C(C)(C)C.NS(=O)(=O)C1CC1.[2H][B].[U]. The number of amides is 7. The number of nitrogens with two attached hydrogens (primary N) is 1. The van der Waals surface area contributed by atoms with Crippen molar-refractivity contribution in [3.8, 4) is 22.3 Å². The number of rotatable bonds is 19. The van der Waals surface area contributed by atoms with Crippen LogP contribution in [-0.4, -0.2) is 196 Å². The first-order chi connectivity index (χ1) is 50.7. The molecule has 588 valence electrons. The van der Waals surface area contributed by atoms with Gasteiger partial charge in [0.25, 0.3) is 5.91 Å². The summed E-state index contributed by atoms with van der Waals surface area (Å²) in [7, 11) is -3.50. The van der Waals surface area contributed by atoms with Crippen molar-refractivity contribution in [2.24, 2.45) is 38.1 Å². The number of halogens is 4. The van der Waals surface area contributed by atoms with E-state index < -0.39 is 180 Å². The van der Waals surface area contributed by atoms with E-state index in [0.717, 1.165) is 57.3 Å². The van der Waals surface area contributed by atoms with Gasteiger partial charge in [0.05, 0.1) is 35.4 Å². The Labute approximate surface area is 657 Å². The Morgan fingerprint density at radius 1 is 0.541 bits per heavy atom. The van der Waals surface area contributed by atoms with Gasteiger partial charge in [-0.1, -0.05) is 149 Å². The number of primary sulfonamides is 1. The number of benzene rings is 4. The first-order valence-electron chi connectivity index (χ1n) is 35.8. The maximum atomic E-state index is 14.4. The van der Waals surface area contributed by atoms with Crippen LogP contribution in [0.1, 0.15) is 157 Å². The molecule has 2 heterocycles. The molecular formula is C74H93BF4N10O17S2U. The van der Waals surface area contributed by atoms with Gasteiger partial charge in [0.2, 0.25) is 56.5 Å². The molecule has 2 radical (unpaired) electrons. The quantitative estimate of drug-likeness (QED) is 0.0235. The van der Waals surface area contributed by atoms with Gasteiger partial charge in [-0.25, -0.2) is 53.9 Å². The smallest absolute Gasteiger partial charge is 0.408 e. The summed E-state index contributed by atoms with van der Waals surface area (Å²) in [6.07, 6.45) is -8.43. The Hall–Kier alpha value is -8.12. The van der Waals surface area contributed by atoms with Crippen LogP contribution in [0.4, 0.5) is 27.2 Å². The van der Waals surface area contributed by atoms with Crippen LogP contribution in [0.3, 0.4) is 0 Å². The van der Waals surface area contributed by atoms with Crippen LogP contribution in [0.2, 0.25) is 0 Å². The third kappa shape index (κ3) is 20.0. The minimum Gasteiger partial charge on any atom is -0.479 e. The van der Waals surface area contributed by atoms with Gasteiger partial charge in [0.1, 0.15) is 70.1 Å². The fraction of sp³-hybridized carbons (Fsp3) is 0.541. The van der Waals surface area contributed by atoms with E-state index in [4.69, 9.17) is 25.6 Å². The number of fused-ring (bicyclic) bond motifs is 6. The maximum absolute atomic E-state index is 14.4. The summed E-state index contributed by atoms with van der Waals surface area (Å²) in [5.41, 5.74) is 0.479. The van der Waals surface area contributed by atoms with Crippen molar-refractivity contribution < 1.29 is 128 Å². The number of aliphatic carboxylic acids is 1. The normalized spacial score (nSPS) is 23.5. The Morgan fingerprint density at radius 2 is 0.853 bits per heavy atom. The zero-order valence-corrected chi connectivity index (χ0v) is 68.3. The van der Waals surface area contributed by atoms with Crippen molar-refractivity contribution in [2.45, 2.75) is 216 Å². The molecule has 2 saturated heterocycles. The summed E-state index contributed by atoms with van der Waals surface area (Å²) in [6.45, 7) is 20.0. The summed E-state index contributed by atoms with van der Waals surface area (Å²) in [6, 6.07) is 25.6. The number of carboxylic acids is 1. The number of hydrogen-bond donors (Lipinski definition) is 7. The fourth-order valence-corrected chi connectivity index (χ4v) is 15.6. The average Bonchev–Trinajstić information content (AvgIpc) is 1.57. The summed E-state index contributed by atoms with van der Waals surface area (Å²) in [5.74, 6) is -9.25. The molecule has 0 unspecified atom stereocenters. The Balaban J connectivity index is 0.000000248. The van der Waals surface area contributed by atoms with Gasteiger partial charge >= 0.3 is 18.2 Å². The number of ether oxygens (including phenoxy) is 2. The van der Waals surface area contributed by atoms with Gasteiger partial charge in [0.15, 0.2) is 0 Å². The predicted molar refractivity (Wildman–Crippen MR) is 391 cm³/mol. The number of nitrogens with zero attached hydrogens (tertiary/aromatic N) is 4. The van der Waals surface area contributed by atoms with Crippen LogP contribution in [0.25, 0.3) is 22.3 Å². The van der Waals surface area contributed by atoms with Crippen LogP contribution in [0, 0.1) is 53.8 Å². The molecule has 0 aromatic heterocycles. The molecule has 109 heavy (non-hydrogen) atoms. The molecule has 2 aliphatic heterocycles. The van der Waals surface area contributed by atoms with E-state index in [2.05, 4.69) is 40.0 Å². The van der Waals surface area contributed by atoms with Crippen molar-refractivity contribution in [3.05, 3.63) is 119 Å². The molecule has 4 aromatic rings. The fourth-order valence-electron chi connectivity index (χ4n) is 13.4. The van der Waals surface area contributed by atoms with Crippen LogP contribution in [-0.2, 0) is 68.0 Å². The number of likely N-dealkylation sites (tertiary alicyclic amines) is 2. The third-order valence-electron chi connectivity index (χ3n) is 19.4. The first kappa shape index (κ1) is 84.9. The van der Waals surface area contributed by atoms with Crippen LogP contribution >= 0.6 is 0 Å². The number of carbonyl (C=O) groups is 8. The molecule has 6 aliphatic carbocycles. The van der Waals surface area contributed by atoms with Crippen LogP contribution in [0.15, 0.2) is 107 Å². The number of carboxylic acid groups (broad SMARTS) is 1. The molecule has 6 fully saturated rings. The van der Waals surface area contributed by atoms with Gasteiger partial charge in [-0.3, -0.25) is 28.7 Å². The van der Waals surface area contributed by atoms with Gasteiger partial charge in [-0.05, 0) is 114 Å². The molecule has 8 aliphatic rings. The van der Waals surface area contributed by atoms with E-state index in [0.29, 0.717) is 24.3 Å². The molecule has 0 spiro atoms. The second kappa shape index (κ2) is 32.7. The van der Waals surface area contributed by atoms with Crippen molar-refractivity contribution >= 4 is 87.5 Å². The Bertz CT molecular complexity index is 4380. The van der Waals surface area contributed by atoms with E-state index in [1.54, 1.807) is 83.1 Å². The summed E-state index contributed by atoms with van der Waals surface area (Å²) in [5, 5.41) is 32.4. The standard InChI is InChI=1S/C37H45F2N5O8S.C34H40F2N4O7.C3H7NO2S.BH.U/c1-35(2,3)29(40-34(48)51-36(4,5)6)32(46)44-19-20(52-42-28-24-13-9-7-11-22(24)23-12-8-10-14-25(23)28)17-27(44)31(45)41-37(18-26(37)30(38)39)33(47)43-53(49,50)21-15-16-21;1-32(2,3)26(37-31(45)46-33(4,5)6)29(42)40-17-18(15-24(40)28(41)38-34(30(43)44)16-23(34)27(35)36)47-39-25-21-13-9-7-11-19(21)20-12-8-10-14-22(20)25;4-7(5,6)3-1-2-3;;/h7-14,20-21,26-27,29-30H,15-19H2,1-6H3,(H,40,48)(H,41,45)(H,43,47);7-14,18,23-24,26-27H,15-17H2,1-6H3,(H,37,45)(H,38,41)(H,43,44);3H,1-2H2,(H2,4,5,6);1H;/t20-,26+,27+,29-,37-;18-,23+,24+,26-,34-;;;/m11.../s1/i;;;1D;. The zero-order chi connectivity index (χ0) is 80.6. The first-order valence-corrected chi connectivity index (χ1v) is 38.4. The number of nitrogens with one attached hydrogen (secondary N) is 5. The maximum Gasteiger partial charge on any atom is 0.408 e. The molecule has 4 saturated carbocycles. The van der Waals surface area contributed by atoms with Gasteiger partial charge in [-0.15, -0.1) is 0 Å². The summed E-state index contributed by atoms with van der Waals surface area (Å²) >= 11 is 0. The molecule has 10 atom stereocenters. The topological polar surface area (TPSA) is 379 Å². The molecule has 35 heteroatoms. The number of sulfonamides is 2. The molecule has 12 rings (SSSR count). The van der Waals surface area contributed by atoms with Crippen molar-refractivity contribution in [1.29, 1.82) is 1.34 Å². The van der Waals surface area contributed by atoms with Crippen molar-refractivity contribution in [1.82, 2.24) is 35.8 Å². The third-order valence-corrected chi connectivity index (χ3v) is 22.7. The van der Waals surface area contributed by atoms with Crippen LogP contribution < -0.4 is 31.1 Å². The average molecular weight is 1780 g/mol. The van der Waals surface area contributed by atoms with E-state index in [-0.39, 0.29) is 62.3 Å². The number of alkyl halides is 4. The largest absolute Gasteiger partial charge is 0.479 e. The monoisotopic (exact) mass is 1780 g/mol. The molecule has 4 aromatic carbocycles. The van der Waals surface area contributed by atoms with E-state index in [9.17, 15) is 77.9 Å². The predicted octanol–water partition coefficient (Wildman–Crippen LogP) is 7.45. The zero-order valence-electron chi connectivity index (χ0n) is 63.5. The number of alkyl carbamates (subject to hydrolysis) is 2. The summed E-state index contributed by atoms with van der Waals surface area (Å²) < 4.78 is 119.